The number of nitrogens with zero attached hydrogens (tertiary/aromatic N) is 1. The van der Waals surface area contributed by atoms with E-state index in [0.29, 0.717) is 4.60 Å². The summed E-state index contributed by atoms with van der Waals surface area (Å²) < 4.78 is 25.2. The quantitative estimate of drug-likeness (QED) is 0.588. The van der Waals surface area contributed by atoms with Crippen LogP contribution in [0.4, 0.5) is 8.78 Å². The summed E-state index contributed by atoms with van der Waals surface area (Å²) in [5.41, 5.74) is -0.0114. The van der Waals surface area contributed by atoms with Gasteiger partial charge in [-0.15, -0.1) is 11.6 Å². The lowest BCUT2D eigenvalue weighted by atomic mass is 10.2. The SMILES string of the molecule is FC(F)c1c(Cl)cnc(Br)c1CCl. The van der Waals surface area contributed by atoms with Gasteiger partial charge in [-0.05, 0) is 15.9 Å². The Morgan fingerprint density at radius 3 is 2.54 bits per heavy atom. The lowest BCUT2D eigenvalue weighted by Crippen LogP contribution is -1.97. The summed E-state index contributed by atoms with van der Waals surface area (Å²) in [4.78, 5) is 3.76. The van der Waals surface area contributed by atoms with Crippen molar-refractivity contribution in [2.75, 3.05) is 0 Å². The molecule has 0 aliphatic carbocycles. The Morgan fingerprint density at radius 1 is 1.54 bits per heavy atom. The van der Waals surface area contributed by atoms with E-state index in [1.54, 1.807) is 0 Å². The molecule has 0 atom stereocenters. The molecule has 1 rings (SSSR count). The Balaban J connectivity index is 3.35. The highest BCUT2D eigenvalue weighted by Crippen LogP contribution is 2.33. The van der Waals surface area contributed by atoms with Gasteiger partial charge in [0.2, 0.25) is 0 Å². The summed E-state index contributed by atoms with van der Waals surface area (Å²) in [7, 11) is 0. The molecule has 0 saturated carbocycles. The largest absolute Gasteiger partial charge is 0.265 e. The second-order valence-corrected chi connectivity index (χ2v) is 3.65. The average Bonchev–Trinajstić information content (AvgIpc) is 2.07. The van der Waals surface area contributed by atoms with Crippen molar-refractivity contribution in [1.82, 2.24) is 4.98 Å². The third kappa shape index (κ3) is 2.30. The maximum Gasteiger partial charge on any atom is 0.265 e. The van der Waals surface area contributed by atoms with Gasteiger partial charge < -0.3 is 0 Å². The molecule has 1 heterocycles. The number of alkyl halides is 3. The van der Waals surface area contributed by atoms with Gasteiger partial charge in [-0.2, -0.15) is 0 Å². The predicted molar refractivity (Wildman–Crippen MR) is 51.5 cm³/mol. The van der Waals surface area contributed by atoms with Crippen molar-refractivity contribution in [3.05, 3.63) is 26.9 Å². The number of aromatic nitrogens is 1. The number of hydrogen-bond acceptors (Lipinski definition) is 1. The Kier molecular flexibility index (Phi) is 3.88. The van der Waals surface area contributed by atoms with Crippen LogP contribution in [-0.2, 0) is 5.88 Å². The molecule has 6 heteroatoms. The minimum atomic E-state index is -2.64. The van der Waals surface area contributed by atoms with E-state index in [1.807, 2.05) is 0 Å². The number of rotatable bonds is 2. The molecular formula is C7H4BrCl2F2N. The zero-order chi connectivity index (χ0) is 10.0. The molecule has 0 saturated heterocycles. The van der Waals surface area contributed by atoms with E-state index < -0.39 is 6.43 Å². The minimum Gasteiger partial charge on any atom is -0.247 e. The average molecular weight is 291 g/mol. The highest BCUT2D eigenvalue weighted by atomic mass is 79.9. The van der Waals surface area contributed by atoms with Crippen LogP contribution in [0.2, 0.25) is 5.02 Å². The van der Waals surface area contributed by atoms with E-state index in [4.69, 9.17) is 23.2 Å². The number of hydrogen-bond donors (Lipinski definition) is 0. The second-order valence-electron chi connectivity index (χ2n) is 2.22. The first-order valence-electron chi connectivity index (χ1n) is 3.24. The van der Waals surface area contributed by atoms with Crippen LogP contribution >= 0.6 is 39.1 Å². The van der Waals surface area contributed by atoms with Crippen LogP contribution in [0, 0.1) is 0 Å². The van der Waals surface area contributed by atoms with Gasteiger partial charge in [0.25, 0.3) is 6.43 Å². The van der Waals surface area contributed by atoms with Crippen molar-refractivity contribution in [2.45, 2.75) is 12.3 Å². The molecule has 0 N–H and O–H groups in total. The molecular weight excluding hydrogens is 287 g/mol. The zero-order valence-electron chi connectivity index (χ0n) is 6.20. The molecule has 0 spiro atoms. The Hall–Kier alpha value is 0.0700. The Labute approximate surface area is 92.2 Å². The van der Waals surface area contributed by atoms with Crippen LogP contribution in [-0.4, -0.2) is 4.98 Å². The fourth-order valence-electron chi connectivity index (χ4n) is 0.879. The Bertz CT molecular complexity index is 320. The smallest absolute Gasteiger partial charge is 0.247 e. The van der Waals surface area contributed by atoms with Crippen LogP contribution in [0.25, 0.3) is 0 Å². The normalized spacial score (nSPS) is 10.9. The first-order chi connectivity index (χ1) is 6.07. The van der Waals surface area contributed by atoms with E-state index in [0.717, 1.165) is 0 Å². The molecule has 0 radical (unpaired) electrons. The molecule has 0 bridgehead atoms. The Morgan fingerprint density at radius 2 is 2.15 bits per heavy atom. The van der Waals surface area contributed by atoms with Gasteiger partial charge in [0.15, 0.2) is 0 Å². The van der Waals surface area contributed by atoms with Gasteiger partial charge in [0.05, 0.1) is 10.9 Å². The third-order valence-corrected chi connectivity index (χ3v) is 2.73. The van der Waals surface area contributed by atoms with Crippen molar-refractivity contribution >= 4 is 39.1 Å². The molecule has 1 nitrogen and oxygen atoms in total. The van der Waals surface area contributed by atoms with Crippen molar-refractivity contribution in [3.8, 4) is 0 Å². The fraction of sp³-hybridized carbons (Fsp3) is 0.286. The maximum atomic E-state index is 12.5. The molecule has 0 aromatic carbocycles. The molecule has 0 aliphatic rings. The van der Waals surface area contributed by atoms with Gasteiger partial charge >= 0.3 is 0 Å². The number of pyridine rings is 1. The lowest BCUT2D eigenvalue weighted by Gasteiger charge is -2.09. The molecule has 1 aromatic heterocycles. The van der Waals surface area contributed by atoms with Crippen LogP contribution in [0.1, 0.15) is 17.6 Å². The minimum absolute atomic E-state index is 0.0478. The van der Waals surface area contributed by atoms with E-state index in [2.05, 4.69) is 20.9 Å². The zero-order valence-corrected chi connectivity index (χ0v) is 9.30. The molecule has 1 aromatic rings. The summed E-state index contributed by atoms with van der Waals surface area (Å²) in [5.74, 6) is -0.0478. The van der Waals surface area contributed by atoms with E-state index in [-0.39, 0.29) is 22.0 Å². The summed E-state index contributed by atoms with van der Waals surface area (Å²) in [6, 6.07) is 0. The third-order valence-electron chi connectivity index (χ3n) is 1.47. The van der Waals surface area contributed by atoms with Gasteiger partial charge in [-0.3, -0.25) is 0 Å². The first-order valence-corrected chi connectivity index (χ1v) is 4.95. The van der Waals surface area contributed by atoms with Crippen molar-refractivity contribution in [1.29, 1.82) is 0 Å². The highest BCUT2D eigenvalue weighted by molar-refractivity contribution is 9.10. The second kappa shape index (κ2) is 4.53. The molecule has 13 heavy (non-hydrogen) atoms. The summed E-state index contributed by atoms with van der Waals surface area (Å²) >= 11 is 14.1. The van der Waals surface area contributed by atoms with Crippen molar-refractivity contribution in [3.63, 3.8) is 0 Å². The highest BCUT2D eigenvalue weighted by Gasteiger charge is 2.19. The summed E-state index contributed by atoms with van der Waals surface area (Å²) in [5, 5.41) is -0.0612. The van der Waals surface area contributed by atoms with Crippen molar-refractivity contribution < 1.29 is 8.78 Å². The molecule has 0 fully saturated rings. The molecule has 0 unspecified atom stereocenters. The van der Waals surface area contributed by atoms with E-state index >= 15 is 0 Å². The van der Waals surface area contributed by atoms with E-state index in [1.165, 1.54) is 6.20 Å². The van der Waals surface area contributed by atoms with Crippen LogP contribution in [0.5, 0.6) is 0 Å². The summed E-state index contributed by atoms with van der Waals surface area (Å²) in [6.07, 6.45) is -1.47. The molecule has 0 aliphatic heterocycles. The number of halogens is 5. The van der Waals surface area contributed by atoms with Crippen molar-refractivity contribution in [2.24, 2.45) is 0 Å². The van der Waals surface area contributed by atoms with Gasteiger partial charge in [-0.25, -0.2) is 13.8 Å². The van der Waals surface area contributed by atoms with Gasteiger partial charge in [0, 0.05) is 17.3 Å². The topological polar surface area (TPSA) is 12.9 Å². The van der Waals surface area contributed by atoms with Crippen LogP contribution in [0.15, 0.2) is 10.8 Å². The standard InChI is InChI=1S/C7H4BrCl2F2N/c8-6-3(1-9)5(7(11)12)4(10)2-13-6/h2,7H,1H2. The molecule has 72 valence electrons. The van der Waals surface area contributed by atoms with Gasteiger partial charge in [-0.1, -0.05) is 11.6 Å². The predicted octanol–water partition coefficient (Wildman–Crippen LogP) is 4.17. The molecule has 0 amide bonds. The maximum absolute atomic E-state index is 12.5. The lowest BCUT2D eigenvalue weighted by molar-refractivity contribution is 0.150. The first kappa shape index (κ1) is 11.1. The fourth-order valence-corrected chi connectivity index (χ4v) is 2.01. The summed E-state index contributed by atoms with van der Waals surface area (Å²) in [6.45, 7) is 0. The monoisotopic (exact) mass is 289 g/mol. The van der Waals surface area contributed by atoms with Crippen LogP contribution < -0.4 is 0 Å². The van der Waals surface area contributed by atoms with Gasteiger partial charge in [0.1, 0.15) is 4.60 Å². The van der Waals surface area contributed by atoms with E-state index in [9.17, 15) is 8.78 Å². The van der Waals surface area contributed by atoms with Crippen LogP contribution in [0.3, 0.4) is 0 Å².